The zero-order chi connectivity index (χ0) is 8.39. The molecule has 1 saturated heterocycles. The second-order valence-corrected chi connectivity index (χ2v) is 2.78. The van der Waals surface area contributed by atoms with Crippen molar-refractivity contribution in [3.8, 4) is 6.07 Å². The van der Waals surface area contributed by atoms with Crippen LogP contribution in [-0.4, -0.2) is 19.3 Å². The van der Waals surface area contributed by atoms with Gasteiger partial charge in [0.1, 0.15) is 18.5 Å². The average Bonchev–Trinajstić information content (AvgIpc) is 2.17. The average molecular weight is 163 g/mol. The number of ether oxygens (including phenoxy) is 2. The van der Waals surface area contributed by atoms with Crippen LogP contribution in [-0.2, 0) is 9.47 Å². The van der Waals surface area contributed by atoms with Crippen LogP contribution in [0.25, 0.3) is 0 Å². The van der Waals surface area contributed by atoms with E-state index < -0.39 is 0 Å². The molecule has 1 atom stereocenters. The van der Waals surface area contributed by atoms with Gasteiger partial charge in [-0.05, 0) is 12.2 Å². The predicted molar refractivity (Wildman–Crippen MR) is 42.1 cm³/mol. The van der Waals surface area contributed by atoms with Gasteiger partial charge in [0.2, 0.25) is 0 Å². The highest BCUT2D eigenvalue weighted by Crippen LogP contribution is 2.24. The van der Waals surface area contributed by atoms with Gasteiger partial charge in [-0.2, -0.15) is 5.26 Å². The normalized spacial score (nSPS) is 27.4. The van der Waals surface area contributed by atoms with Gasteiger partial charge in [-0.3, -0.25) is 0 Å². The van der Waals surface area contributed by atoms with E-state index in [0.29, 0.717) is 19.6 Å². The van der Waals surface area contributed by atoms with Gasteiger partial charge in [-0.1, -0.05) is 0 Å². The number of hydrogen-bond acceptors (Lipinski definition) is 3. The summed E-state index contributed by atoms with van der Waals surface area (Å²) in [5.41, 5.74) is 0.759. The fourth-order valence-corrected chi connectivity index (χ4v) is 1.37. The van der Waals surface area contributed by atoms with Crippen LogP contribution in [0.3, 0.4) is 0 Å². The zero-order valence-electron chi connectivity index (χ0n) is 6.62. The van der Waals surface area contributed by atoms with E-state index in [1.807, 2.05) is 6.08 Å². The molecule has 0 radical (unpaired) electrons. The minimum Gasteiger partial charge on any atom is -0.493 e. The van der Waals surface area contributed by atoms with Crippen LogP contribution in [0.1, 0.15) is 6.42 Å². The van der Waals surface area contributed by atoms with E-state index in [1.54, 1.807) is 6.08 Å². The van der Waals surface area contributed by atoms with Crippen molar-refractivity contribution in [2.75, 3.05) is 13.2 Å². The van der Waals surface area contributed by atoms with Crippen molar-refractivity contribution in [1.29, 1.82) is 5.26 Å². The Morgan fingerprint density at radius 1 is 1.42 bits per heavy atom. The molecular formula is C9H9NO2. The van der Waals surface area contributed by atoms with Gasteiger partial charge in [0.25, 0.3) is 0 Å². The lowest BCUT2D eigenvalue weighted by molar-refractivity contribution is -0.0421. The Labute approximate surface area is 70.9 Å². The summed E-state index contributed by atoms with van der Waals surface area (Å²) < 4.78 is 10.8. The Bertz CT molecular complexity index is 285. The number of allylic oxidation sites excluding steroid dienone is 2. The standard InChI is InChI=1S/C9H9NO2/c10-6-7-1-2-8-9(5-7)12-4-3-11-8/h1-2,9H,3-5H2. The maximum absolute atomic E-state index is 8.64. The van der Waals surface area contributed by atoms with Crippen molar-refractivity contribution in [1.82, 2.24) is 0 Å². The highest BCUT2D eigenvalue weighted by atomic mass is 16.6. The Morgan fingerprint density at radius 3 is 3.17 bits per heavy atom. The second kappa shape index (κ2) is 3.00. The van der Waals surface area contributed by atoms with Gasteiger partial charge in [0, 0.05) is 12.0 Å². The Kier molecular flexibility index (Phi) is 1.84. The molecule has 0 saturated carbocycles. The molecule has 0 aromatic rings. The van der Waals surface area contributed by atoms with E-state index in [4.69, 9.17) is 14.7 Å². The van der Waals surface area contributed by atoms with Crippen molar-refractivity contribution in [3.05, 3.63) is 23.5 Å². The number of nitrogens with zero attached hydrogens (tertiary/aromatic N) is 1. The van der Waals surface area contributed by atoms with Gasteiger partial charge >= 0.3 is 0 Å². The molecule has 0 spiro atoms. The first-order chi connectivity index (χ1) is 5.90. The molecule has 1 aliphatic carbocycles. The van der Waals surface area contributed by atoms with Gasteiger partial charge in [0.05, 0.1) is 12.7 Å². The first-order valence-corrected chi connectivity index (χ1v) is 3.95. The van der Waals surface area contributed by atoms with Gasteiger partial charge in [0.15, 0.2) is 0 Å². The van der Waals surface area contributed by atoms with Crippen molar-refractivity contribution in [3.63, 3.8) is 0 Å². The van der Waals surface area contributed by atoms with Crippen LogP contribution < -0.4 is 0 Å². The minimum absolute atomic E-state index is 0.0154. The molecule has 1 unspecified atom stereocenters. The van der Waals surface area contributed by atoms with E-state index in [0.717, 1.165) is 11.3 Å². The maximum Gasteiger partial charge on any atom is 0.125 e. The molecule has 2 aliphatic rings. The van der Waals surface area contributed by atoms with E-state index in [-0.39, 0.29) is 6.10 Å². The molecule has 62 valence electrons. The first kappa shape index (κ1) is 7.38. The zero-order valence-corrected chi connectivity index (χ0v) is 6.62. The van der Waals surface area contributed by atoms with Gasteiger partial charge in [-0.25, -0.2) is 0 Å². The molecule has 0 aromatic carbocycles. The third-order valence-electron chi connectivity index (χ3n) is 1.99. The third-order valence-corrected chi connectivity index (χ3v) is 1.99. The summed E-state index contributed by atoms with van der Waals surface area (Å²) in [7, 11) is 0. The fraction of sp³-hybridized carbons (Fsp3) is 0.444. The number of nitriles is 1. The quantitative estimate of drug-likeness (QED) is 0.537. The first-order valence-electron chi connectivity index (χ1n) is 3.95. The molecule has 0 amide bonds. The summed E-state index contributed by atoms with van der Waals surface area (Å²) in [5.74, 6) is 0.861. The van der Waals surface area contributed by atoms with E-state index in [2.05, 4.69) is 6.07 Å². The lowest BCUT2D eigenvalue weighted by Crippen LogP contribution is -2.28. The molecule has 2 rings (SSSR count). The second-order valence-electron chi connectivity index (χ2n) is 2.78. The van der Waals surface area contributed by atoms with Gasteiger partial charge in [-0.15, -0.1) is 0 Å². The van der Waals surface area contributed by atoms with Crippen LogP contribution in [0, 0.1) is 11.3 Å². The van der Waals surface area contributed by atoms with Crippen LogP contribution in [0.5, 0.6) is 0 Å². The molecule has 12 heavy (non-hydrogen) atoms. The smallest absolute Gasteiger partial charge is 0.125 e. The SMILES string of the molecule is N#CC1=CC=C2OCCOC2C1. The number of hydrogen-bond donors (Lipinski definition) is 0. The highest BCUT2D eigenvalue weighted by molar-refractivity contribution is 5.33. The summed E-state index contributed by atoms with van der Waals surface area (Å²) in [6.07, 6.45) is 4.26. The summed E-state index contributed by atoms with van der Waals surface area (Å²) in [6, 6.07) is 2.12. The molecule has 1 aliphatic heterocycles. The van der Waals surface area contributed by atoms with Crippen molar-refractivity contribution >= 4 is 0 Å². The molecular weight excluding hydrogens is 154 g/mol. The maximum atomic E-state index is 8.64. The van der Waals surface area contributed by atoms with Crippen molar-refractivity contribution in [2.45, 2.75) is 12.5 Å². The van der Waals surface area contributed by atoms with Crippen LogP contribution in [0.15, 0.2) is 23.5 Å². The molecule has 3 nitrogen and oxygen atoms in total. The van der Waals surface area contributed by atoms with Gasteiger partial charge < -0.3 is 9.47 Å². The summed E-state index contributed by atoms with van der Waals surface area (Å²) in [6.45, 7) is 1.25. The summed E-state index contributed by atoms with van der Waals surface area (Å²) in [5, 5.41) is 8.64. The van der Waals surface area contributed by atoms with Crippen molar-refractivity contribution < 1.29 is 9.47 Å². The summed E-state index contributed by atoms with van der Waals surface area (Å²) >= 11 is 0. The molecule has 0 bridgehead atoms. The summed E-state index contributed by atoms with van der Waals surface area (Å²) in [4.78, 5) is 0. The molecule has 0 aromatic heterocycles. The topological polar surface area (TPSA) is 42.2 Å². The Balaban J connectivity index is 2.19. The van der Waals surface area contributed by atoms with E-state index in [9.17, 15) is 0 Å². The van der Waals surface area contributed by atoms with Crippen molar-refractivity contribution in [2.24, 2.45) is 0 Å². The predicted octanol–water partition coefficient (Wildman–Crippen LogP) is 1.14. The minimum atomic E-state index is -0.0154. The lowest BCUT2D eigenvalue weighted by Gasteiger charge is -2.27. The largest absolute Gasteiger partial charge is 0.493 e. The highest BCUT2D eigenvalue weighted by Gasteiger charge is 2.24. The Morgan fingerprint density at radius 2 is 2.33 bits per heavy atom. The lowest BCUT2D eigenvalue weighted by atomic mass is 10.0. The van der Waals surface area contributed by atoms with Crippen LogP contribution in [0.4, 0.5) is 0 Å². The van der Waals surface area contributed by atoms with E-state index in [1.165, 1.54) is 0 Å². The molecule has 1 fully saturated rings. The third kappa shape index (κ3) is 1.21. The van der Waals surface area contributed by atoms with Crippen LogP contribution >= 0.6 is 0 Å². The van der Waals surface area contributed by atoms with E-state index >= 15 is 0 Å². The van der Waals surface area contributed by atoms with Crippen LogP contribution in [0.2, 0.25) is 0 Å². The number of rotatable bonds is 0. The Hall–Kier alpha value is -1.27. The number of fused-ring (bicyclic) bond motifs is 1. The molecule has 1 heterocycles. The fourth-order valence-electron chi connectivity index (χ4n) is 1.37. The monoisotopic (exact) mass is 163 g/mol. The molecule has 0 N–H and O–H groups in total. The molecule has 3 heteroatoms.